The monoisotopic (exact) mass is 282 g/mol. The molecule has 0 spiro atoms. The molecule has 1 saturated heterocycles. The van der Waals surface area contributed by atoms with E-state index in [0.29, 0.717) is 0 Å². The number of thiazole rings is 1. The number of anilines is 1. The van der Waals surface area contributed by atoms with Crippen LogP contribution in [0.4, 0.5) is 5.13 Å². The Kier molecular flexibility index (Phi) is 3.42. The lowest BCUT2D eigenvalue weighted by Gasteiger charge is -2.30. The van der Waals surface area contributed by atoms with Gasteiger partial charge < -0.3 is 9.64 Å². The molecule has 18 heavy (non-hydrogen) atoms. The molecule has 0 saturated carbocycles. The summed E-state index contributed by atoms with van der Waals surface area (Å²) in [6.45, 7) is 3.88. The second kappa shape index (κ2) is 5.19. The first-order valence-corrected chi connectivity index (χ1v) is 7.58. The minimum atomic E-state index is 0.279. The predicted octanol–water partition coefficient (Wildman–Crippen LogP) is 2.35. The van der Waals surface area contributed by atoms with Crippen LogP contribution in [0.2, 0.25) is 0 Å². The SMILES string of the molecule is Cc1nsc(N2CCC(Oc3nccs3)CC2)n1. The molecule has 96 valence electrons. The van der Waals surface area contributed by atoms with Crippen molar-refractivity contribution in [3.05, 3.63) is 17.4 Å². The van der Waals surface area contributed by atoms with Crippen LogP contribution in [0.1, 0.15) is 18.7 Å². The van der Waals surface area contributed by atoms with Gasteiger partial charge in [0.25, 0.3) is 5.19 Å². The first kappa shape index (κ1) is 11.9. The first-order valence-electron chi connectivity index (χ1n) is 5.92. The van der Waals surface area contributed by atoms with E-state index in [1.54, 1.807) is 17.5 Å². The predicted molar refractivity (Wildman–Crippen MR) is 72.6 cm³/mol. The summed E-state index contributed by atoms with van der Waals surface area (Å²) in [6.07, 6.45) is 4.08. The van der Waals surface area contributed by atoms with Crippen LogP contribution in [0, 0.1) is 6.92 Å². The molecule has 0 aromatic carbocycles. The third-order valence-electron chi connectivity index (χ3n) is 2.91. The molecule has 2 aromatic rings. The van der Waals surface area contributed by atoms with Crippen molar-refractivity contribution in [3.8, 4) is 5.19 Å². The molecule has 0 N–H and O–H groups in total. The van der Waals surface area contributed by atoms with Crippen LogP contribution in [-0.4, -0.2) is 33.5 Å². The van der Waals surface area contributed by atoms with Crippen molar-refractivity contribution in [2.75, 3.05) is 18.0 Å². The first-order chi connectivity index (χ1) is 8.81. The highest BCUT2D eigenvalue weighted by molar-refractivity contribution is 7.11. The number of piperidine rings is 1. The lowest BCUT2D eigenvalue weighted by atomic mass is 10.1. The second-order valence-corrected chi connectivity index (χ2v) is 5.81. The van der Waals surface area contributed by atoms with Crippen LogP contribution in [0.15, 0.2) is 11.6 Å². The maximum absolute atomic E-state index is 5.83. The van der Waals surface area contributed by atoms with Crippen molar-refractivity contribution < 1.29 is 4.74 Å². The average Bonchev–Trinajstić information content (AvgIpc) is 3.02. The van der Waals surface area contributed by atoms with Crippen LogP contribution in [0.3, 0.4) is 0 Å². The van der Waals surface area contributed by atoms with Crippen molar-refractivity contribution in [3.63, 3.8) is 0 Å². The van der Waals surface area contributed by atoms with E-state index in [4.69, 9.17) is 4.74 Å². The van der Waals surface area contributed by atoms with Crippen molar-refractivity contribution in [2.24, 2.45) is 0 Å². The minimum Gasteiger partial charge on any atom is -0.467 e. The highest BCUT2D eigenvalue weighted by Crippen LogP contribution is 2.25. The van der Waals surface area contributed by atoms with Gasteiger partial charge >= 0.3 is 0 Å². The molecule has 0 atom stereocenters. The molecule has 3 rings (SSSR count). The van der Waals surface area contributed by atoms with Gasteiger partial charge in [-0.15, -0.1) is 0 Å². The maximum atomic E-state index is 5.83. The van der Waals surface area contributed by atoms with E-state index in [0.717, 1.165) is 42.1 Å². The molecule has 0 bridgehead atoms. The third kappa shape index (κ3) is 2.62. The third-order valence-corrected chi connectivity index (χ3v) is 4.44. The van der Waals surface area contributed by atoms with E-state index in [-0.39, 0.29) is 6.10 Å². The smallest absolute Gasteiger partial charge is 0.273 e. The lowest BCUT2D eigenvalue weighted by Crippen LogP contribution is -2.38. The Balaban J connectivity index is 1.55. The molecular formula is C11H14N4OS2. The van der Waals surface area contributed by atoms with Crippen LogP contribution in [0.25, 0.3) is 0 Å². The minimum absolute atomic E-state index is 0.279. The molecule has 1 aliphatic heterocycles. The Morgan fingerprint density at radius 2 is 2.22 bits per heavy atom. The number of hydrogen-bond acceptors (Lipinski definition) is 7. The van der Waals surface area contributed by atoms with E-state index < -0.39 is 0 Å². The number of hydrogen-bond donors (Lipinski definition) is 0. The van der Waals surface area contributed by atoms with Gasteiger partial charge in [-0.25, -0.2) is 9.97 Å². The summed E-state index contributed by atoms with van der Waals surface area (Å²) in [5.41, 5.74) is 0. The van der Waals surface area contributed by atoms with E-state index in [9.17, 15) is 0 Å². The number of rotatable bonds is 3. The zero-order valence-electron chi connectivity index (χ0n) is 10.1. The molecular weight excluding hydrogens is 268 g/mol. The largest absolute Gasteiger partial charge is 0.467 e. The summed E-state index contributed by atoms with van der Waals surface area (Å²) in [6, 6.07) is 0. The maximum Gasteiger partial charge on any atom is 0.273 e. The summed E-state index contributed by atoms with van der Waals surface area (Å²) in [5.74, 6) is 0.858. The number of aryl methyl sites for hydroxylation is 1. The molecule has 2 aromatic heterocycles. The Morgan fingerprint density at radius 1 is 1.39 bits per heavy atom. The number of nitrogens with zero attached hydrogens (tertiary/aromatic N) is 4. The Labute approximate surface area is 114 Å². The fourth-order valence-corrected chi connectivity index (χ4v) is 3.27. The van der Waals surface area contributed by atoms with Gasteiger partial charge in [0.05, 0.1) is 0 Å². The van der Waals surface area contributed by atoms with Gasteiger partial charge in [-0.3, -0.25) is 0 Å². The summed E-state index contributed by atoms with van der Waals surface area (Å²) in [7, 11) is 0. The molecule has 7 heteroatoms. The fraction of sp³-hybridized carbons (Fsp3) is 0.545. The van der Waals surface area contributed by atoms with Crippen LogP contribution in [0.5, 0.6) is 5.19 Å². The number of ether oxygens (including phenoxy) is 1. The topological polar surface area (TPSA) is 51.1 Å². The van der Waals surface area contributed by atoms with Crippen molar-refractivity contribution in [1.29, 1.82) is 0 Å². The molecule has 0 amide bonds. The van der Waals surface area contributed by atoms with Crippen molar-refractivity contribution in [1.82, 2.24) is 14.3 Å². The molecule has 3 heterocycles. The number of aromatic nitrogens is 3. The zero-order chi connectivity index (χ0) is 12.4. The van der Waals surface area contributed by atoms with Crippen LogP contribution in [-0.2, 0) is 0 Å². The highest BCUT2D eigenvalue weighted by atomic mass is 32.1. The summed E-state index contributed by atoms with van der Waals surface area (Å²) in [5, 5.41) is 3.74. The van der Waals surface area contributed by atoms with Crippen LogP contribution >= 0.6 is 22.9 Å². The summed E-state index contributed by atoms with van der Waals surface area (Å²) < 4.78 is 10.1. The van der Waals surface area contributed by atoms with Gasteiger partial charge in [-0.05, 0) is 6.92 Å². The molecule has 5 nitrogen and oxygen atoms in total. The summed E-state index contributed by atoms with van der Waals surface area (Å²) in [4.78, 5) is 10.9. The molecule has 0 unspecified atom stereocenters. The van der Waals surface area contributed by atoms with Crippen molar-refractivity contribution in [2.45, 2.75) is 25.9 Å². The normalized spacial score (nSPS) is 17.1. The van der Waals surface area contributed by atoms with Crippen molar-refractivity contribution >= 4 is 28.0 Å². The second-order valence-electron chi connectivity index (χ2n) is 4.23. The van der Waals surface area contributed by atoms with Gasteiger partial charge in [0.2, 0.25) is 5.13 Å². The molecule has 1 aliphatic rings. The Hall–Kier alpha value is -1.21. The fourth-order valence-electron chi connectivity index (χ4n) is 1.99. The molecule has 0 aliphatic carbocycles. The lowest BCUT2D eigenvalue weighted by molar-refractivity contribution is 0.170. The van der Waals surface area contributed by atoms with Gasteiger partial charge in [0, 0.05) is 49.0 Å². The average molecular weight is 282 g/mol. The quantitative estimate of drug-likeness (QED) is 0.865. The molecule has 0 radical (unpaired) electrons. The van der Waals surface area contributed by atoms with Crippen LogP contribution < -0.4 is 9.64 Å². The highest BCUT2D eigenvalue weighted by Gasteiger charge is 2.23. The van der Waals surface area contributed by atoms with E-state index in [1.165, 1.54) is 11.5 Å². The zero-order valence-corrected chi connectivity index (χ0v) is 11.7. The van der Waals surface area contributed by atoms with Gasteiger partial charge in [0.1, 0.15) is 11.9 Å². The van der Waals surface area contributed by atoms with E-state index in [1.807, 2.05) is 12.3 Å². The Morgan fingerprint density at radius 3 is 2.83 bits per heavy atom. The standard InChI is InChI=1S/C11H14N4OS2/c1-8-13-10(18-14-8)15-5-2-9(3-6-15)16-11-12-4-7-17-11/h4,7,9H,2-3,5-6H2,1H3. The van der Waals surface area contributed by atoms with Gasteiger partial charge in [-0.2, -0.15) is 4.37 Å². The molecule has 1 fully saturated rings. The van der Waals surface area contributed by atoms with Gasteiger partial charge in [0.15, 0.2) is 0 Å². The van der Waals surface area contributed by atoms with E-state index in [2.05, 4.69) is 19.2 Å². The Bertz CT molecular complexity index is 491. The van der Waals surface area contributed by atoms with E-state index >= 15 is 0 Å². The summed E-state index contributed by atoms with van der Waals surface area (Å²) >= 11 is 3.03. The van der Waals surface area contributed by atoms with Gasteiger partial charge in [-0.1, -0.05) is 11.3 Å².